The van der Waals surface area contributed by atoms with Gasteiger partial charge in [0, 0.05) is 18.1 Å². The fraction of sp³-hybridized carbons (Fsp3) is 0.417. The van der Waals surface area contributed by atoms with Gasteiger partial charge in [0.15, 0.2) is 0 Å². The van der Waals surface area contributed by atoms with Crippen LogP contribution in [0.4, 0.5) is 4.39 Å². The average molecular weight is 293 g/mol. The SMILES string of the molecule is CNC(=O)[C@H](C)N[C@@H](C)c1cc(F)c(Cl)cc1Cl. The molecule has 2 N–H and O–H groups in total. The van der Waals surface area contributed by atoms with Crippen molar-refractivity contribution in [1.29, 1.82) is 0 Å². The van der Waals surface area contributed by atoms with E-state index in [-0.39, 0.29) is 17.0 Å². The van der Waals surface area contributed by atoms with Gasteiger partial charge in [0.1, 0.15) is 5.82 Å². The van der Waals surface area contributed by atoms with Crippen LogP contribution >= 0.6 is 23.2 Å². The third-order valence-corrected chi connectivity index (χ3v) is 3.26. The van der Waals surface area contributed by atoms with Crippen LogP contribution in [-0.4, -0.2) is 19.0 Å². The van der Waals surface area contributed by atoms with Crippen LogP contribution in [0.5, 0.6) is 0 Å². The van der Waals surface area contributed by atoms with Gasteiger partial charge in [-0.2, -0.15) is 0 Å². The molecule has 0 saturated carbocycles. The van der Waals surface area contributed by atoms with Crippen LogP contribution in [0, 0.1) is 5.82 Å². The molecule has 0 heterocycles. The lowest BCUT2D eigenvalue weighted by molar-refractivity contribution is -0.122. The smallest absolute Gasteiger partial charge is 0.236 e. The van der Waals surface area contributed by atoms with Gasteiger partial charge >= 0.3 is 0 Å². The summed E-state index contributed by atoms with van der Waals surface area (Å²) in [7, 11) is 1.56. The summed E-state index contributed by atoms with van der Waals surface area (Å²) < 4.78 is 13.4. The summed E-state index contributed by atoms with van der Waals surface area (Å²) in [4.78, 5) is 11.4. The van der Waals surface area contributed by atoms with Gasteiger partial charge in [-0.25, -0.2) is 4.39 Å². The molecule has 100 valence electrons. The first-order chi connectivity index (χ1) is 8.36. The van der Waals surface area contributed by atoms with Gasteiger partial charge < -0.3 is 5.32 Å². The van der Waals surface area contributed by atoms with Gasteiger partial charge in [-0.05, 0) is 31.5 Å². The van der Waals surface area contributed by atoms with Crippen molar-refractivity contribution in [3.63, 3.8) is 0 Å². The van der Waals surface area contributed by atoms with Crippen LogP contribution in [0.25, 0.3) is 0 Å². The highest BCUT2D eigenvalue weighted by Crippen LogP contribution is 2.28. The summed E-state index contributed by atoms with van der Waals surface area (Å²) in [5, 5.41) is 5.90. The molecule has 0 aliphatic carbocycles. The largest absolute Gasteiger partial charge is 0.358 e. The molecule has 0 aliphatic heterocycles. The summed E-state index contributed by atoms with van der Waals surface area (Å²) in [6, 6.07) is 1.96. The Labute approximate surface area is 116 Å². The van der Waals surface area contributed by atoms with Crippen molar-refractivity contribution in [2.75, 3.05) is 7.05 Å². The van der Waals surface area contributed by atoms with Crippen molar-refractivity contribution >= 4 is 29.1 Å². The molecule has 3 nitrogen and oxygen atoms in total. The maximum Gasteiger partial charge on any atom is 0.236 e. The molecule has 6 heteroatoms. The maximum absolute atomic E-state index is 13.4. The first-order valence-electron chi connectivity index (χ1n) is 5.49. The number of hydrogen-bond donors (Lipinski definition) is 2. The molecule has 0 saturated heterocycles. The molecule has 2 atom stereocenters. The molecule has 0 unspecified atom stereocenters. The summed E-state index contributed by atoms with van der Waals surface area (Å²) in [6.45, 7) is 3.52. The lowest BCUT2D eigenvalue weighted by Crippen LogP contribution is -2.41. The second kappa shape index (κ2) is 6.36. The van der Waals surface area contributed by atoms with E-state index in [2.05, 4.69) is 10.6 Å². The third-order valence-electron chi connectivity index (χ3n) is 2.65. The Morgan fingerprint density at radius 1 is 1.28 bits per heavy atom. The minimum atomic E-state index is -0.530. The van der Waals surface area contributed by atoms with Crippen LogP contribution in [0.15, 0.2) is 12.1 Å². The molecule has 1 aromatic rings. The van der Waals surface area contributed by atoms with E-state index in [4.69, 9.17) is 23.2 Å². The molecule has 1 aromatic carbocycles. The van der Waals surface area contributed by atoms with E-state index in [9.17, 15) is 9.18 Å². The van der Waals surface area contributed by atoms with Crippen molar-refractivity contribution in [3.8, 4) is 0 Å². The number of hydrogen-bond acceptors (Lipinski definition) is 2. The van der Waals surface area contributed by atoms with Crippen LogP contribution < -0.4 is 10.6 Å². The normalized spacial score (nSPS) is 14.1. The van der Waals surface area contributed by atoms with E-state index in [1.165, 1.54) is 12.1 Å². The van der Waals surface area contributed by atoms with Gasteiger partial charge in [0.25, 0.3) is 0 Å². The molecule has 0 fully saturated rings. The van der Waals surface area contributed by atoms with Crippen molar-refractivity contribution < 1.29 is 9.18 Å². The highest BCUT2D eigenvalue weighted by Gasteiger charge is 2.18. The summed E-state index contributed by atoms with van der Waals surface area (Å²) in [5.74, 6) is -0.676. The molecule has 0 radical (unpaired) electrons. The van der Waals surface area contributed by atoms with E-state index in [0.29, 0.717) is 10.6 Å². The number of likely N-dealkylation sites (N-methyl/N-ethyl adjacent to an activating group) is 1. The number of benzene rings is 1. The number of carbonyl (C=O) groups excluding carboxylic acids is 1. The van der Waals surface area contributed by atoms with E-state index in [0.717, 1.165) is 0 Å². The van der Waals surface area contributed by atoms with E-state index < -0.39 is 11.9 Å². The fourth-order valence-electron chi connectivity index (χ4n) is 1.63. The number of nitrogens with one attached hydrogen (secondary N) is 2. The Balaban J connectivity index is 2.87. The molecular formula is C12H15Cl2FN2O. The Bertz CT molecular complexity index is 454. The molecule has 1 amide bonds. The van der Waals surface area contributed by atoms with Gasteiger partial charge in [-0.15, -0.1) is 0 Å². The second-order valence-corrected chi connectivity index (χ2v) is 4.83. The van der Waals surface area contributed by atoms with E-state index in [1.54, 1.807) is 20.9 Å². The van der Waals surface area contributed by atoms with Crippen molar-refractivity contribution in [2.45, 2.75) is 25.9 Å². The zero-order valence-electron chi connectivity index (χ0n) is 10.4. The van der Waals surface area contributed by atoms with Crippen LogP contribution in [0.1, 0.15) is 25.5 Å². The van der Waals surface area contributed by atoms with Crippen molar-refractivity contribution in [2.24, 2.45) is 0 Å². The molecule has 1 rings (SSSR count). The Hall–Kier alpha value is -0.840. The van der Waals surface area contributed by atoms with Gasteiger partial charge in [-0.1, -0.05) is 23.2 Å². The molecule has 0 spiro atoms. The molecule has 18 heavy (non-hydrogen) atoms. The topological polar surface area (TPSA) is 41.1 Å². The maximum atomic E-state index is 13.4. The predicted molar refractivity (Wildman–Crippen MR) is 71.5 cm³/mol. The average Bonchev–Trinajstić information content (AvgIpc) is 2.32. The first-order valence-corrected chi connectivity index (χ1v) is 6.24. The number of rotatable bonds is 4. The minimum absolute atomic E-state index is 0.0182. The summed E-state index contributed by atoms with van der Waals surface area (Å²) in [5.41, 5.74) is 0.564. The molecule has 0 aromatic heterocycles. The standard InChI is InChI=1S/C12H15Cl2FN2O/c1-6(17-7(2)12(18)16-3)8-4-11(15)10(14)5-9(8)13/h4-7,17H,1-3H3,(H,16,18)/t6-,7-/m0/s1. The number of halogens is 3. The minimum Gasteiger partial charge on any atom is -0.358 e. The quantitative estimate of drug-likeness (QED) is 0.838. The molecule has 0 bridgehead atoms. The summed E-state index contributed by atoms with van der Waals surface area (Å²) in [6.07, 6.45) is 0. The Kier molecular flexibility index (Phi) is 5.38. The van der Waals surface area contributed by atoms with Crippen molar-refractivity contribution in [3.05, 3.63) is 33.6 Å². The number of amides is 1. The first kappa shape index (κ1) is 15.2. The molecular weight excluding hydrogens is 278 g/mol. The Morgan fingerprint density at radius 2 is 1.89 bits per heavy atom. The van der Waals surface area contributed by atoms with Crippen LogP contribution in [0.3, 0.4) is 0 Å². The van der Waals surface area contributed by atoms with E-state index >= 15 is 0 Å². The monoisotopic (exact) mass is 292 g/mol. The highest BCUT2D eigenvalue weighted by atomic mass is 35.5. The van der Waals surface area contributed by atoms with Crippen LogP contribution in [0.2, 0.25) is 10.0 Å². The second-order valence-electron chi connectivity index (χ2n) is 4.01. The van der Waals surface area contributed by atoms with Crippen LogP contribution in [-0.2, 0) is 4.79 Å². The number of carbonyl (C=O) groups is 1. The van der Waals surface area contributed by atoms with Gasteiger partial charge in [0.05, 0.1) is 11.1 Å². The predicted octanol–water partition coefficient (Wildman–Crippen LogP) is 2.92. The van der Waals surface area contributed by atoms with Gasteiger partial charge in [0.2, 0.25) is 5.91 Å². The van der Waals surface area contributed by atoms with Gasteiger partial charge in [-0.3, -0.25) is 10.1 Å². The third kappa shape index (κ3) is 3.57. The lowest BCUT2D eigenvalue weighted by atomic mass is 10.1. The van der Waals surface area contributed by atoms with E-state index in [1.807, 2.05) is 0 Å². The van der Waals surface area contributed by atoms with Crippen molar-refractivity contribution in [1.82, 2.24) is 10.6 Å². The zero-order valence-corrected chi connectivity index (χ0v) is 11.9. The zero-order chi connectivity index (χ0) is 13.9. The Morgan fingerprint density at radius 3 is 2.44 bits per heavy atom. The fourth-order valence-corrected chi connectivity index (χ4v) is 2.17. The lowest BCUT2D eigenvalue weighted by Gasteiger charge is -2.20. The molecule has 0 aliphatic rings. The summed E-state index contributed by atoms with van der Waals surface area (Å²) >= 11 is 11.6. The highest BCUT2D eigenvalue weighted by molar-refractivity contribution is 6.35.